The lowest BCUT2D eigenvalue weighted by Gasteiger charge is -2.32. The van der Waals surface area contributed by atoms with Crippen LogP contribution < -0.4 is 5.32 Å². The standard InChI is InChI=1S/C25H27FN4O3S2/c1-4-25(5-2,22-16-27-24(34-22)35(3,32)33)29-23(31)19-9-7-6-8-10-21-20(19)15-28-30(21)18-13-11-17(26)12-14-18/h8-16H,4-7H2,1-3H3,(H,29,31). The Morgan fingerprint density at radius 3 is 2.51 bits per heavy atom. The maximum Gasteiger partial charge on any atom is 0.252 e. The Morgan fingerprint density at radius 1 is 1.17 bits per heavy atom. The molecule has 4 rings (SSSR count). The van der Waals surface area contributed by atoms with Crippen molar-refractivity contribution in [3.8, 4) is 5.69 Å². The Labute approximate surface area is 208 Å². The van der Waals surface area contributed by atoms with E-state index in [1.54, 1.807) is 29.2 Å². The van der Waals surface area contributed by atoms with Crippen molar-refractivity contribution in [1.82, 2.24) is 20.1 Å². The number of hydrogen-bond acceptors (Lipinski definition) is 6. The maximum atomic E-state index is 13.7. The van der Waals surface area contributed by atoms with Gasteiger partial charge in [0.05, 0.1) is 28.0 Å². The second kappa shape index (κ2) is 9.87. The van der Waals surface area contributed by atoms with Gasteiger partial charge in [0.2, 0.25) is 14.2 Å². The van der Waals surface area contributed by atoms with Crippen molar-refractivity contribution < 1.29 is 17.6 Å². The smallest absolute Gasteiger partial charge is 0.252 e. The van der Waals surface area contributed by atoms with Crippen LogP contribution in [0.3, 0.4) is 0 Å². The van der Waals surface area contributed by atoms with Gasteiger partial charge in [-0.25, -0.2) is 22.5 Å². The van der Waals surface area contributed by atoms with Gasteiger partial charge >= 0.3 is 0 Å². The van der Waals surface area contributed by atoms with Crippen molar-refractivity contribution in [2.45, 2.75) is 49.4 Å². The fraction of sp³-hybridized carbons (Fsp3) is 0.320. The molecule has 2 heterocycles. The number of halogens is 1. The third-order valence-electron chi connectivity index (χ3n) is 6.20. The van der Waals surface area contributed by atoms with Gasteiger partial charge < -0.3 is 5.32 Å². The van der Waals surface area contributed by atoms with Crippen LogP contribution in [0.15, 0.2) is 53.2 Å². The first-order valence-corrected chi connectivity index (χ1v) is 14.1. The van der Waals surface area contributed by atoms with Crippen LogP contribution in [0.25, 0.3) is 17.3 Å². The largest absolute Gasteiger partial charge is 0.342 e. The van der Waals surface area contributed by atoms with Crippen molar-refractivity contribution in [1.29, 1.82) is 0 Å². The summed E-state index contributed by atoms with van der Waals surface area (Å²) in [7, 11) is -3.44. The molecule has 7 nitrogen and oxygen atoms in total. The molecule has 0 radical (unpaired) electrons. The summed E-state index contributed by atoms with van der Waals surface area (Å²) in [5.74, 6) is -0.602. The number of rotatable bonds is 7. The van der Waals surface area contributed by atoms with E-state index in [9.17, 15) is 17.6 Å². The number of aromatic nitrogens is 3. The van der Waals surface area contributed by atoms with E-state index in [2.05, 4.69) is 15.4 Å². The molecule has 0 spiro atoms. The van der Waals surface area contributed by atoms with Gasteiger partial charge in [0, 0.05) is 23.6 Å². The van der Waals surface area contributed by atoms with E-state index in [0.717, 1.165) is 29.7 Å². The Balaban J connectivity index is 1.71. The third-order valence-corrected chi connectivity index (χ3v) is 9.10. The number of carbonyl (C=O) groups excluding carboxylic acids is 1. The lowest BCUT2D eigenvalue weighted by Crippen LogP contribution is -2.45. The number of allylic oxidation sites excluding steroid dienone is 2. The van der Waals surface area contributed by atoms with Crippen molar-refractivity contribution in [3.05, 3.63) is 70.8 Å². The summed E-state index contributed by atoms with van der Waals surface area (Å²) in [5.41, 5.74) is 1.83. The topological polar surface area (TPSA) is 93.9 Å². The molecule has 35 heavy (non-hydrogen) atoms. The summed E-state index contributed by atoms with van der Waals surface area (Å²) < 4.78 is 39.1. The average Bonchev–Trinajstić information content (AvgIpc) is 3.46. The molecule has 0 atom stereocenters. The highest BCUT2D eigenvalue weighted by molar-refractivity contribution is 7.92. The molecular weight excluding hydrogens is 487 g/mol. The van der Waals surface area contributed by atoms with Crippen LogP contribution in [0, 0.1) is 5.82 Å². The van der Waals surface area contributed by atoms with E-state index >= 15 is 0 Å². The second-order valence-corrected chi connectivity index (χ2v) is 11.7. The minimum atomic E-state index is -3.44. The Hall–Kier alpha value is -3.11. The zero-order valence-electron chi connectivity index (χ0n) is 19.8. The first-order valence-electron chi connectivity index (χ1n) is 11.4. The summed E-state index contributed by atoms with van der Waals surface area (Å²) in [4.78, 5) is 18.5. The first kappa shape index (κ1) is 25.0. The van der Waals surface area contributed by atoms with Crippen LogP contribution in [-0.2, 0) is 20.2 Å². The normalized spacial score (nSPS) is 14.1. The molecule has 0 unspecified atom stereocenters. The summed E-state index contributed by atoms with van der Waals surface area (Å²) >= 11 is 1.09. The Bertz CT molecular complexity index is 1400. The molecule has 1 aliphatic carbocycles. The zero-order valence-corrected chi connectivity index (χ0v) is 21.4. The fourth-order valence-corrected chi connectivity index (χ4v) is 6.18. The van der Waals surface area contributed by atoms with E-state index in [1.165, 1.54) is 12.1 Å². The van der Waals surface area contributed by atoms with E-state index in [1.807, 2.05) is 32.1 Å². The number of nitrogens with zero attached hydrogens (tertiary/aromatic N) is 3. The van der Waals surface area contributed by atoms with Gasteiger partial charge in [-0.2, -0.15) is 5.10 Å². The predicted octanol–water partition coefficient (Wildman–Crippen LogP) is 4.89. The highest BCUT2D eigenvalue weighted by atomic mass is 32.2. The second-order valence-electron chi connectivity index (χ2n) is 8.44. The van der Waals surface area contributed by atoms with E-state index in [4.69, 9.17) is 0 Å². The van der Waals surface area contributed by atoms with Crippen LogP contribution in [0.1, 0.15) is 55.7 Å². The Morgan fingerprint density at radius 2 is 1.89 bits per heavy atom. The molecule has 1 N–H and O–H groups in total. The lowest BCUT2D eigenvalue weighted by molar-refractivity contribution is -0.117. The number of hydrogen-bond donors (Lipinski definition) is 1. The highest BCUT2D eigenvalue weighted by Crippen LogP contribution is 2.36. The van der Waals surface area contributed by atoms with Crippen molar-refractivity contribution >= 4 is 38.7 Å². The molecule has 0 fully saturated rings. The quantitative estimate of drug-likeness (QED) is 0.484. The molecule has 0 bridgehead atoms. The molecule has 0 aliphatic heterocycles. The van der Waals surface area contributed by atoms with Crippen molar-refractivity contribution in [2.75, 3.05) is 6.26 Å². The van der Waals surface area contributed by atoms with Gasteiger partial charge in [-0.1, -0.05) is 26.0 Å². The number of thiazole rings is 1. The minimum Gasteiger partial charge on any atom is -0.342 e. The maximum absolute atomic E-state index is 13.7. The highest BCUT2D eigenvalue weighted by Gasteiger charge is 2.35. The molecular formula is C25H27FN4O3S2. The molecule has 10 heteroatoms. The van der Waals surface area contributed by atoms with Gasteiger partial charge in [-0.15, -0.1) is 11.3 Å². The molecule has 184 valence electrons. The number of carbonyl (C=O) groups is 1. The molecule has 1 aliphatic rings. The lowest BCUT2D eigenvalue weighted by atomic mass is 9.90. The van der Waals surface area contributed by atoms with E-state index in [-0.39, 0.29) is 16.1 Å². The van der Waals surface area contributed by atoms with Gasteiger partial charge in [0.15, 0.2) is 0 Å². The number of amides is 1. The van der Waals surface area contributed by atoms with Crippen LogP contribution in [-0.4, -0.2) is 35.3 Å². The van der Waals surface area contributed by atoms with Gasteiger partial charge in [0.25, 0.3) is 5.91 Å². The SMILES string of the molecule is CCC(CC)(NC(=O)C1=CCCC=Cc2c1cnn2-c1ccc(F)cc1)c1cnc(S(C)(=O)=O)s1. The average molecular weight is 515 g/mol. The fourth-order valence-electron chi connectivity index (χ4n) is 4.13. The number of nitrogens with one attached hydrogen (secondary N) is 1. The van der Waals surface area contributed by atoms with Crippen LogP contribution >= 0.6 is 11.3 Å². The number of sulfone groups is 1. The molecule has 0 saturated heterocycles. The summed E-state index contributed by atoms with van der Waals surface area (Å²) in [6.45, 7) is 3.91. The predicted molar refractivity (Wildman–Crippen MR) is 135 cm³/mol. The zero-order chi connectivity index (χ0) is 25.2. The van der Waals surface area contributed by atoms with E-state index < -0.39 is 15.4 Å². The van der Waals surface area contributed by atoms with Crippen molar-refractivity contribution in [3.63, 3.8) is 0 Å². The molecule has 0 saturated carbocycles. The summed E-state index contributed by atoms with van der Waals surface area (Å²) in [6.07, 6.45) is 12.7. The third kappa shape index (κ3) is 4.99. The van der Waals surface area contributed by atoms with Gasteiger partial charge in [-0.05, 0) is 56.0 Å². The molecule has 3 aromatic rings. The summed E-state index contributed by atoms with van der Waals surface area (Å²) in [5, 5.41) is 7.67. The van der Waals surface area contributed by atoms with Crippen LogP contribution in [0.4, 0.5) is 4.39 Å². The molecule has 1 aromatic carbocycles. The molecule has 2 aromatic heterocycles. The monoisotopic (exact) mass is 514 g/mol. The molecule has 1 amide bonds. The number of benzene rings is 1. The van der Waals surface area contributed by atoms with Crippen LogP contribution in [0.2, 0.25) is 0 Å². The van der Waals surface area contributed by atoms with Crippen molar-refractivity contribution in [2.24, 2.45) is 0 Å². The Kier molecular flexibility index (Phi) is 7.05. The van der Waals surface area contributed by atoms with Gasteiger partial charge in [0.1, 0.15) is 5.82 Å². The van der Waals surface area contributed by atoms with Gasteiger partial charge in [-0.3, -0.25) is 4.79 Å². The van der Waals surface area contributed by atoms with E-state index in [0.29, 0.717) is 41.0 Å². The number of fused-ring (bicyclic) bond motifs is 1. The minimum absolute atomic E-state index is 0.0335. The first-order chi connectivity index (χ1) is 16.7. The van der Waals surface area contributed by atoms with Crippen LogP contribution in [0.5, 0.6) is 0 Å². The summed E-state index contributed by atoms with van der Waals surface area (Å²) in [6, 6.07) is 6.02.